The van der Waals surface area contributed by atoms with Crippen LogP contribution in [0.1, 0.15) is 110 Å². The predicted molar refractivity (Wildman–Crippen MR) is 194 cm³/mol. The summed E-state index contributed by atoms with van der Waals surface area (Å²) in [6.45, 7) is 2.25. The number of benzene rings is 3. The quantitative estimate of drug-likeness (QED) is 0.0610. The number of azo groups is 1. The summed E-state index contributed by atoms with van der Waals surface area (Å²) < 4.78 is 40.5. The van der Waals surface area contributed by atoms with Gasteiger partial charge < -0.3 is 9.84 Å². The van der Waals surface area contributed by atoms with Crippen LogP contribution in [0.2, 0.25) is 0 Å². The van der Waals surface area contributed by atoms with Crippen LogP contribution < -0.4 is 9.75 Å². The Labute approximate surface area is 291 Å². The van der Waals surface area contributed by atoms with Gasteiger partial charge >= 0.3 is 0 Å². The van der Waals surface area contributed by atoms with Crippen LogP contribution in [0, 0.1) is 0 Å². The molecule has 1 amide bonds. The maximum absolute atomic E-state index is 13.7. The van der Waals surface area contributed by atoms with Crippen molar-refractivity contribution >= 4 is 33.1 Å². The van der Waals surface area contributed by atoms with Gasteiger partial charge in [0.05, 0.1) is 11.4 Å². The minimum Gasteiger partial charge on any atom is -0.506 e. The summed E-state index contributed by atoms with van der Waals surface area (Å²) in [5.74, 6) is -0.304. The molecule has 1 unspecified atom stereocenters. The van der Waals surface area contributed by atoms with Crippen LogP contribution in [0.4, 0.5) is 11.4 Å². The van der Waals surface area contributed by atoms with Crippen molar-refractivity contribution < 1.29 is 27.6 Å². The third-order valence-electron chi connectivity index (χ3n) is 8.61. The van der Waals surface area contributed by atoms with E-state index in [2.05, 4.69) is 22.3 Å². The summed E-state index contributed by atoms with van der Waals surface area (Å²) in [7, 11) is -4.72. The molecule has 2 N–H and O–H groups in total. The summed E-state index contributed by atoms with van der Waals surface area (Å²) in [6.07, 6.45) is 19.1. The van der Waals surface area contributed by atoms with Crippen molar-refractivity contribution in [1.29, 1.82) is 0 Å². The summed E-state index contributed by atoms with van der Waals surface area (Å²) in [5, 5.41) is 24.2. The van der Waals surface area contributed by atoms with Crippen molar-refractivity contribution in [2.75, 3.05) is 5.01 Å². The fraction of sp³-hybridized carbons (Fsp3) is 0.474. The maximum atomic E-state index is 13.7. The van der Waals surface area contributed by atoms with Crippen LogP contribution in [0.25, 0.3) is 0 Å². The lowest BCUT2D eigenvalue weighted by Gasteiger charge is -2.15. The molecular weight excluding hydrogens is 641 g/mol. The molecule has 4 rings (SSSR count). The smallest absolute Gasteiger partial charge is 0.298 e. The lowest BCUT2D eigenvalue weighted by atomic mass is 10.0. The van der Waals surface area contributed by atoms with Crippen LogP contribution in [0.3, 0.4) is 0 Å². The zero-order valence-electron chi connectivity index (χ0n) is 28.5. The van der Waals surface area contributed by atoms with Crippen LogP contribution in [0.15, 0.2) is 93.0 Å². The first-order chi connectivity index (χ1) is 23.8. The third kappa shape index (κ3) is 12.1. The van der Waals surface area contributed by atoms with Crippen molar-refractivity contribution in [2.45, 2.75) is 121 Å². The highest BCUT2D eigenvalue weighted by molar-refractivity contribution is 7.86. The van der Waals surface area contributed by atoms with Gasteiger partial charge in [-0.25, -0.2) is 0 Å². The largest absolute Gasteiger partial charge is 0.506 e. The number of para-hydroxylation sites is 2. The molecule has 49 heavy (non-hydrogen) atoms. The topological polar surface area (TPSA) is 141 Å². The number of hydrogen-bond acceptors (Lipinski definition) is 8. The molecule has 3 aromatic carbocycles. The normalized spacial score (nSPS) is 14.9. The Balaban J connectivity index is 1.36. The van der Waals surface area contributed by atoms with Gasteiger partial charge in [0.15, 0.2) is 6.04 Å². The van der Waals surface area contributed by atoms with E-state index in [1.165, 1.54) is 95.2 Å². The Bertz CT molecular complexity index is 1640. The van der Waals surface area contributed by atoms with Gasteiger partial charge in [0.1, 0.15) is 27.8 Å². The Kier molecular flexibility index (Phi) is 15.2. The first kappa shape index (κ1) is 37.7. The van der Waals surface area contributed by atoms with E-state index >= 15 is 0 Å². The molecule has 10 nitrogen and oxygen atoms in total. The number of hydrogen-bond donors (Lipinski definition) is 2. The predicted octanol–water partition coefficient (Wildman–Crippen LogP) is 10.5. The number of carbonyl (C=O) groups excluding carboxylic acids is 1. The standard InChI is InChI=1S/C38H50N4O6S/c1-2-3-4-5-6-7-8-9-10-11-12-13-14-15-19-25-33-37(40-39-32-24-20-21-26-34(32)43)38(44)42(41-33)30-27-28-35(36(29-30)49(45,46)47)48-31-22-17-16-18-23-31/h16-18,20-24,26-29,37,43H,2-15,19,25H2,1H3,(H,45,46,47). The molecule has 0 aromatic heterocycles. The van der Waals surface area contributed by atoms with Gasteiger partial charge in [-0.15, -0.1) is 0 Å². The number of rotatable bonds is 22. The molecule has 0 fully saturated rings. The van der Waals surface area contributed by atoms with E-state index in [0.29, 0.717) is 17.9 Å². The number of carbonyl (C=O) groups is 1. The van der Waals surface area contributed by atoms with E-state index in [0.717, 1.165) is 30.3 Å². The average Bonchev–Trinajstić information content (AvgIpc) is 3.40. The Morgan fingerprint density at radius 1 is 0.776 bits per heavy atom. The van der Waals surface area contributed by atoms with Crippen molar-refractivity contribution in [2.24, 2.45) is 15.3 Å². The zero-order valence-corrected chi connectivity index (χ0v) is 29.4. The van der Waals surface area contributed by atoms with E-state index in [9.17, 15) is 22.9 Å². The minimum atomic E-state index is -4.72. The second kappa shape index (κ2) is 19.8. The highest BCUT2D eigenvalue weighted by atomic mass is 32.2. The molecular formula is C38H50N4O6S. The Hall–Kier alpha value is -4.09. The number of amides is 1. The second-order valence-electron chi connectivity index (χ2n) is 12.6. The van der Waals surface area contributed by atoms with Crippen LogP contribution >= 0.6 is 0 Å². The summed E-state index contributed by atoms with van der Waals surface area (Å²) in [5.41, 5.74) is 0.848. The van der Waals surface area contributed by atoms with Gasteiger partial charge in [0, 0.05) is 0 Å². The van der Waals surface area contributed by atoms with Gasteiger partial charge in [0.25, 0.3) is 16.0 Å². The highest BCUT2D eigenvalue weighted by Gasteiger charge is 2.37. The van der Waals surface area contributed by atoms with Crippen molar-refractivity contribution in [1.82, 2.24) is 0 Å². The number of phenols is 1. The van der Waals surface area contributed by atoms with Gasteiger partial charge in [0.2, 0.25) is 0 Å². The first-order valence-corrected chi connectivity index (χ1v) is 19.2. The fourth-order valence-electron chi connectivity index (χ4n) is 5.85. The molecule has 0 bridgehead atoms. The molecule has 1 atom stereocenters. The Morgan fingerprint density at radius 2 is 1.35 bits per heavy atom. The molecule has 0 saturated carbocycles. The Morgan fingerprint density at radius 3 is 1.94 bits per heavy atom. The van der Waals surface area contributed by atoms with Gasteiger partial charge in [-0.1, -0.05) is 127 Å². The minimum absolute atomic E-state index is 0.0683. The summed E-state index contributed by atoms with van der Waals surface area (Å²) in [6, 6.07) is 18.0. The monoisotopic (exact) mass is 690 g/mol. The van der Waals surface area contributed by atoms with E-state index < -0.39 is 27.0 Å². The highest BCUT2D eigenvalue weighted by Crippen LogP contribution is 2.35. The first-order valence-electron chi connectivity index (χ1n) is 17.7. The van der Waals surface area contributed by atoms with Gasteiger partial charge in [-0.3, -0.25) is 9.35 Å². The number of hydrazone groups is 1. The third-order valence-corrected chi connectivity index (χ3v) is 9.48. The van der Waals surface area contributed by atoms with Crippen LogP contribution in [-0.4, -0.2) is 35.7 Å². The van der Waals surface area contributed by atoms with E-state index in [4.69, 9.17) is 4.74 Å². The average molecular weight is 691 g/mol. The molecule has 1 aliphatic rings. The molecule has 264 valence electrons. The molecule has 11 heteroatoms. The fourth-order valence-corrected chi connectivity index (χ4v) is 6.49. The summed E-state index contributed by atoms with van der Waals surface area (Å²) in [4.78, 5) is 13.2. The second-order valence-corrected chi connectivity index (χ2v) is 14.0. The lowest BCUT2D eigenvalue weighted by Crippen LogP contribution is -2.30. The maximum Gasteiger partial charge on any atom is 0.298 e. The molecule has 0 spiro atoms. The number of unbranched alkanes of at least 4 members (excludes halogenated alkanes) is 14. The molecule has 3 aromatic rings. The van der Waals surface area contributed by atoms with Crippen molar-refractivity contribution in [3.05, 3.63) is 72.8 Å². The molecule has 1 aliphatic heterocycles. The number of ether oxygens (including phenoxy) is 1. The zero-order chi connectivity index (χ0) is 34.9. The lowest BCUT2D eigenvalue weighted by molar-refractivity contribution is -0.117. The van der Waals surface area contributed by atoms with E-state index in [1.54, 1.807) is 48.5 Å². The van der Waals surface area contributed by atoms with Gasteiger partial charge in [-0.2, -0.15) is 28.8 Å². The molecule has 0 radical (unpaired) electrons. The number of aromatic hydroxyl groups is 1. The van der Waals surface area contributed by atoms with Gasteiger partial charge in [-0.05, 0) is 55.3 Å². The molecule has 0 aliphatic carbocycles. The molecule has 1 heterocycles. The van der Waals surface area contributed by atoms with E-state index in [1.807, 2.05) is 0 Å². The van der Waals surface area contributed by atoms with Crippen molar-refractivity contribution in [3.8, 4) is 17.2 Å². The van der Waals surface area contributed by atoms with Crippen LogP contribution in [0.5, 0.6) is 17.2 Å². The summed E-state index contributed by atoms with van der Waals surface area (Å²) >= 11 is 0. The van der Waals surface area contributed by atoms with E-state index in [-0.39, 0.29) is 22.9 Å². The molecule has 0 saturated heterocycles. The number of anilines is 1. The number of nitrogens with zero attached hydrogens (tertiary/aromatic N) is 4. The van der Waals surface area contributed by atoms with Crippen molar-refractivity contribution in [3.63, 3.8) is 0 Å². The SMILES string of the molecule is CCCCCCCCCCCCCCCCCC1=NN(c2ccc(Oc3ccccc3)c(S(=O)(=O)O)c2)C(=O)C1N=Nc1ccccc1O. The van der Waals surface area contributed by atoms with Crippen LogP contribution in [-0.2, 0) is 14.9 Å². The number of phenolic OH excluding ortho intramolecular Hbond substituents is 1.